The lowest BCUT2D eigenvalue weighted by Gasteiger charge is -2.11. The average Bonchev–Trinajstić information content (AvgIpc) is 3.79. The Balaban J connectivity index is 1.61. The van der Waals surface area contributed by atoms with Gasteiger partial charge in [0.2, 0.25) is 0 Å². The normalized spacial score (nSPS) is 17.4. The van der Waals surface area contributed by atoms with Crippen LogP contribution in [-0.4, -0.2) is 9.13 Å². The second-order valence-corrected chi connectivity index (χ2v) is 9.99. The molecule has 0 aliphatic rings. The van der Waals surface area contributed by atoms with Gasteiger partial charge in [-0.25, -0.2) is 0 Å². The van der Waals surface area contributed by atoms with Crippen LogP contribution in [0.25, 0.3) is 77.2 Å². The molecule has 9 aromatic rings. The minimum atomic E-state index is -0.759. The summed E-state index contributed by atoms with van der Waals surface area (Å²) < 4.78 is 166. The van der Waals surface area contributed by atoms with Gasteiger partial charge in [0, 0.05) is 32.9 Å². The number of hydrogen-bond acceptors (Lipinski definition) is 0. The largest absolute Gasteiger partial charge is 0.309 e. The maximum atomic E-state index is 9.68. The summed E-state index contributed by atoms with van der Waals surface area (Å²) in [5, 5.41) is -1.22. The van der Waals surface area contributed by atoms with E-state index >= 15 is 0 Å². The van der Waals surface area contributed by atoms with E-state index in [-0.39, 0.29) is 32.7 Å². The van der Waals surface area contributed by atoms with Crippen LogP contribution in [0.4, 0.5) is 0 Å². The van der Waals surface area contributed by atoms with Crippen molar-refractivity contribution >= 4 is 43.6 Å². The maximum absolute atomic E-state index is 9.68. The molecule has 2 heterocycles. The predicted molar refractivity (Wildman–Crippen MR) is 186 cm³/mol. The summed E-state index contributed by atoms with van der Waals surface area (Å²) in [6.07, 6.45) is 0. The van der Waals surface area contributed by atoms with Crippen molar-refractivity contribution in [1.29, 1.82) is 0 Å². The molecule has 2 heteroatoms. The second kappa shape index (κ2) is 9.86. The number of nitrogens with zero attached hydrogens (tertiary/aromatic N) is 2. The van der Waals surface area contributed by atoms with Crippen LogP contribution in [0.1, 0.15) is 24.7 Å². The Morgan fingerprint density at radius 2 is 0.886 bits per heavy atom. The fraction of sp³-hybridized carbons (Fsp3) is 0. The molecule has 0 atom stereocenters. The van der Waals surface area contributed by atoms with Crippen LogP contribution in [0.3, 0.4) is 0 Å². The number of aromatic nitrogens is 2. The third kappa shape index (κ3) is 3.75. The third-order valence-electron chi connectivity index (χ3n) is 7.55. The summed E-state index contributed by atoms with van der Waals surface area (Å²) in [7, 11) is 0. The molecule has 2 aromatic heterocycles. The molecule has 0 unspecified atom stereocenters. The van der Waals surface area contributed by atoms with Gasteiger partial charge in [0.05, 0.1) is 46.7 Å². The Morgan fingerprint density at radius 3 is 1.48 bits per heavy atom. The van der Waals surface area contributed by atoms with Gasteiger partial charge in [-0.1, -0.05) is 121 Å². The first-order chi connectivity index (χ1) is 29.4. The average molecular weight is 579 g/mol. The number of para-hydroxylation sites is 2. The van der Waals surface area contributed by atoms with Gasteiger partial charge >= 0.3 is 0 Å². The van der Waals surface area contributed by atoms with Gasteiger partial charge in [-0.15, -0.1) is 0 Å². The molecule has 0 bridgehead atoms. The molecule has 0 saturated carbocycles. The smallest absolute Gasteiger partial charge is 0.0651 e. The topological polar surface area (TPSA) is 9.86 Å². The molecule has 0 spiro atoms. The van der Waals surface area contributed by atoms with Crippen LogP contribution in [0.15, 0.2) is 169 Å². The molecule has 0 aliphatic carbocycles. The first-order valence-electron chi connectivity index (χ1n) is 22.7. The van der Waals surface area contributed by atoms with Crippen molar-refractivity contribution in [2.24, 2.45) is 0 Å². The molecule has 0 amide bonds. The second-order valence-electron chi connectivity index (χ2n) is 9.99. The summed E-state index contributed by atoms with van der Waals surface area (Å²) in [5.74, 6) is 0. The third-order valence-corrected chi connectivity index (χ3v) is 7.55. The fourth-order valence-electron chi connectivity index (χ4n) is 5.64. The van der Waals surface area contributed by atoms with E-state index in [4.69, 9.17) is 12.3 Å². The molecule has 44 heavy (non-hydrogen) atoms. The molecule has 7 aromatic carbocycles. The van der Waals surface area contributed by atoms with Crippen LogP contribution in [0, 0.1) is 0 Å². The summed E-state index contributed by atoms with van der Waals surface area (Å²) >= 11 is 0. The zero-order chi connectivity index (χ0) is 44.7. The van der Waals surface area contributed by atoms with Crippen molar-refractivity contribution in [3.05, 3.63) is 169 Å². The van der Waals surface area contributed by atoms with Crippen LogP contribution < -0.4 is 0 Å². The van der Waals surface area contributed by atoms with Crippen molar-refractivity contribution in [2.75, 3.05) is 0 Å². The SMILES string of the molecule is [2H]c1c([2H])c(-c2ccccc2)c([2H])c(-n2c3c([2H])c([2H])c([2H])c([2H])c3c3c4c5c([2H])c([2H])c([2H])c([2H])c5n(-c5c([2H])c([2H])c(-c6ccccc6)c([2H])c5[2H])c4c([2H])c([2H])c32)c1[2H]. The Labute approximate surface area is 281 Å². The van der Waals surface area contributed by atoms with E-state index in [2.05, 4.69) is 0 Å². The van der Waals surface area contributed by atoms with Gasteiger partial charge in [0.25, 0.3) is 0 Å². The van der Waals surface area contributed by atoms with Gasteiger partial charge in [0.1, 0.15) is 0 Å². The minimum Gasteiger partial charge on any atom is -0.309 e. The highest BCUT2D eigenvalue weighted by Crippen LogP contribution is 2.42. The van der Waals surface area contributed by atoms with Gasteiger partial charge in [-0.05, 0) is 70.6 Å². The zero-order valence-corrected chi connectivity index (χ0v) is 22.7. The summed E-state index contributed by atoms with van der Waals surface area (Å²) in [4.78, 5) is 0. The summed E-state index contributed by atoms with van der Waals surface area (Å²) in [6.45, 7) is 0. The molecule has 206 valence electrons. The van der Waals surface area contributed by atoms with Crippen LogP contribution in [0.5, 0.6) is 0 Å². The van der Waals surface area contributed by atoms with Gasteiger partial charge in [0.15, 0.2) is 0 Å². The van der Waals surface area contributed by atoms with E-state index in [9.17, 15) is 12.3 Å². The highest BCUT2D eigenvalue weighted by molar-refractivity contribution is 6.28. The number of benzene rings is 7. The van der Waals surface area contributed by atoms with E-state index in [1.54, 1.807) is 60.7 Å². The van der Waals surface area contributed by atoms with E-state index in [0.717, 1.165) is 9.13 Å². The molecule has 0 radical (unpaired) electrons. The standard InChI is InChI=1S/C42H28N2/c1-3-12-29(13-4-1)31-22-24-33(25-23-31)43-37-20-9-7-18-35(37)41-39(43)26-27-40-42(41)36-19-8-10-21-38(36)44(40)34-17-11-16-32(28-34)30-14-5-2-6-15-30/h1-28H/i7D,8D,9D,10D,11D,16D,17D,18D,19D,20D,21D,22D,23D,24D,25D,26D,27D,28D. The van der Waals surface area contributed by atoms with Gasteiger partial charge in [-0.3, -0.25) is 0 Å². The van der Waals surface area contributed by atoms with E-state index in [1.807, 2.05) is 0 Å². The maximum Gasteiger partial charge on any atom is 0.0651 e. The van der Waals surface area contributed by atoms with Crippen molar-refractivity contribution in [1.82, 2.24) is 9.13 Å². The highest BCUT2D eigenvalue weighted by Gasteiger charge is 2.20. The van der Waals surface area contributed by atoms with Crippen LogP contribution in [0.2, 0.25) is 0 Å². The molecule has 0 N–H and O–H groups in total. The lowest BCUT2D eigenvalue weighted by molar-refractivity contribution is 1.17. The molecule has 2 nitrogen and oxygen atoms in total. The van der Waals surface area contributed by atoms with Crippen molar-refractivity contribution < 1.29 is 24.7 Å². The Morgan fingerprint density at radius 1 is 0.364 bits per heavy atom. The summed E-state index contributed by atoms with van der Waals surface area (Å²) in [5.41, 5.74) is -2.13. The quantitative estimate of drug-likeness (QED) is 0.197. The zero-order valence-electron chi connectivity index (χ0n) is 40.7. The van der Waals surface area contributed by atoms with Gasteiger partial charge in [-0.2, -0.15) is 0 Å². The molecule has 0 fully saturated rings. The summed E-state index contributed by atoms with van der Waals surface area (Å²) in [6, 6.07) is 4.31. The Hall–Kier alpha value is -5.86. The molecular weight excluding hydrogens is 532 g/mol. The van der Waals surface area contributed by atoms with Crippen molar-refractivity contribution in [2.45, 2.75) is 0 Å². The lowest BCUT2D eigenvalue weighted by Crippen LogP contribution is -1.95. The van der Waals surface area contributed by atoms with Crippen molar-refractivity contribution in [3.8, 4) is 33.6 Å². The highest BCUT2D eigenvalue weighted by atomic mass is 15.0. The first kappa shape index (κ1) is 12.8. The van der Waals surface area contributed by atoms with Crippen molar-refractivity contribution in [3.63, 3.8) is 0 Å². The lowest BCUT2D eigenvalue weighted by atomic mass is 10.0. The first-order valence-corrected chi connectivity index (χ1v) is 13.7. The minimum absolute atomic E-state index is 0.0690. The number of hydrogen-bond donors (Lipinski definition) is 0. The molecule has 9 rings (SSSR count). The number of rotatable bonds is 4. The van der Waals surface area contributed by atoms with E-state index in [0.29, 0.717) is 11.1 Å². The van der Waals surface area contributed by atoms with Crippen LogP contribution in [-0.2, 0) is 0 Å². The van der Waals surface area contributed by atoms with E-state index < -0.39 is 142 Å². The Bertz CT molecular complexity index is 3460. The van der Waals surface area contributed by atoms with E-state index in [1.165, 1.54) is 0 Å². The molecule has 0 aliphatic heterocycles. The molecular formula is C42H28N2. The van der Waals surface area contributed by atoms with Crippen LogP contribution >= 0.6 is 0 Å². The predicted octanol–water partition coefficient (Wildman–Crippen LogP) is 11.2. The fourth-order valence-corrected chi connectivity index (χ4v) is 5.64. The Kier molecular flexibility index (Phi) is 2.87. The molecule has 0 saturated heterocycles. The monoisotopic (exact) mass is 578 g/mol. The van der Waals surface area contributed by atoms with Gasteiger partial charge < -0.3 is 9.13 Å². The number of fused-ring (bicyclic) bond motifs is 7.